The number of benzene rings is 1. The van der Waals surface area contributed by atoms with Crippen LogP contribution >= 0.6 is 0 Å². The molecule has 7 nitrogen and oxygen atoms in total. The monoisotopic (exact) mass is 317 g/mol. The van der Waals surface area contributed by atoms with E-state index in [0.717, 1.165) is 0 Å². The Morgan fingerprint density at radius 3 is 2.65 bits per heavy atom. The molecule has 1 atom stereocenters. The van der Waals surface area contributed by atoms with Crippen molar-refractivity contribution in [3.05, 3.63) is 40.9 Å². The van der Waals surface area contributed by atoms with Crippen LogP contribution in [0.1, 0.15) is 20.3 Å². The van der Waals surface area contributed by atoms with Crippen LogP contribution in [0.15, 0.2) is 35.4 Å². The summed E-state index contributed by atoms with van der Waals surface area (Å²) in [5.74, 6) is -1.49. The van der Waals surface area contributed by atoms with Gasteiger partial charge in [-0.05, 0) is 24.5 Å². The summed E-state index contributed by atoms with van der Waals surface area (Å²) >= 11 is 0. The Labute approximate surface area is 133 Å². The second-order valence-corrected chi connectivity index (χ2v) is 5.78. The molecule has 0 fully saturated rings. The van der Waals surface area contributed by atoms with E-state index in [1.807, 2.05) is 13.8 Å². The number of carbonyl (C=O) groups is 2. The minimum atomic E-state index is -1.09. The molecule has 0 aliphatic rings. The van der Waals surface area contributed by atoms with Crippen LogP contribution in [-0.2, 0) is 16.1 Å². The van der Waals surface area contributed by atoms with Gasteiger partial charge in [0.05, 0.1) is 17.2 Å². The summed E-state index contributed by atoms with van der Waals surface area (Å²) in [6.07, 6.45) is 1.62. The van der Waals surface area contributed by atoms with Gasteiger partial charge < -0.3 is 10.4 Å². The Bertz CT molecular complexity index is 782. The summed E-state index contributed by atoms with van der Waals surface area (Å²) in [5.41, 5.74) is 0.221. The quantitative estimate of drug-likeness (QED) is 0.828. The number of nitrogens with one attached hydrogen (secondary N) is 1. The van der Waals surface area contributed by atoms with Gasteiger partial charge in [0.25, 0.3) is 5.56 Å². The van der Waals surface area contributed by atoms with Crippen LogP contribution in [0.4, 0.5) is 0 Å². The van der Waals surface area contributed by atoms with Gasteiger partial charge >= 0.3 is 5.97 Å². The molecule has 0 spiro atoms. The van der Waals surface area contributed by atoms with E-state index in [4.69, 9.17) is 5.11 Å². The van der Waals surface area contributed by atoms with Crippen LogP contribution in [0.5, 0.6) is 0 Å². The first-order valence-electron chi connectivity index (χ1n) is 7.35. The van der Waals surface area contributed by atoms with Gasteiger partial charge in [-0.25, -0.2) is 9.78 Å². The summed E-state index contributed by atoms with van der Waals surface area (Å²) in [5, 5.41) is 12.0. The number of amides is 1. The zero-order valence-electron chi connectivity index (χ0n) is 13.0. The number of carbonyl (C=O) groups excluding carboxylic acids is 1. The van der Waals surface area contributed by atoms with Gasteiger partial charge in [0, 0.05) is 0 Å². The first kappa shape index (κ1) is 16.7. The second-order valence-electron chi connectivity index (χ2n) is 5.78. The van der Waals surface area contributed by atoms with Gasteiger partial charge in [-0.1, -0.05) is 26.0 Å². The number of aliphatic carboxylic acids is 1. The van der Waals surface area contributed by atoms with E-state index in [0.29, 0.717) is 17.3 Å². The molecular weight excluding hydrogens is 298 g/mol. The van der Waals surface area contributed by atoms with Gasteiger partial charge in [-0.15, -0.1) is 0 Å². The predicted octanol–water partition coefficient (Wildman–Crippen LogP) is 1.01. The molecule has 23 heavy (non-hydrogen) atoms. The fourth-order valence-corrected chi connectivity index (χ4v) is 2.31. The molecular formula is C16H19N3O4. The van der Waals surface area contributed by atoms with E-state index in [2.05, 4.69) is 10.3 Å². The molecule has 0 bridgehead atoms. The molecule has 0 radical (unpaired) electrons. The summed E-state index contributed by atoms with van der Waals surface area (Å²) in [6.45, 7) is 3.48. The predicted molar refractivity (Wildman–Crippen MR) is 85.0 cm³/mol. The van der Waals surface area contributed by atoms with E-state index in [1.54, 1.807) is 24.3 Å². The van der Waals surface area contributed by atoms with Crippen LogP contribution in [0.2, 0.25) is 0 Å². The number of fused-ring (bicyclic) bond motifs is 1. The fourth-order valence-electron chi connectivity index (χ4n) is 2.31. The molecule has 0 saturated heterocycles. The van der Waals surface area contributed by atoms with Crippen molar-refractivity contribution in [2.45, 2.75) is 32.9 Å². The molecule has 2 aromatic rings. The number of nitrogens with zero attached hydrogens (tertiary/aromatic N) is 2. The maximum absolute atomic E-state index is 12.3. The zero-order valence-corrected chi connectivity index (χ0v) is 13.0. The fraction of sp³-hybridized carbons (Fsp3) is 0.375. The first-order valence-corrected chi connectivity index (χ1v) is 7.35. The highest BCUT2D eigenvalue weighted by Crippen LogP contribution is 2.06. The number of para-hydroxylation sites is 1. The maximum atomic E-state index is 12.3. The lowest BCUT2D eigenvalue weighted by molar-refractivity contribution is -0.142. The lowest BCUT2D eigenvalue weighted by Gasteiger charge is -2.16. The molecule has 0 saturated carbocycles. The third-order valence-corrected chi connectivity index (χ3v) is 3.39. The Morgan fingerprint density at radius 2 is 2.00 bits per heavy atom. The zero-order chi connectivity index (χ0) is 17.0. The molecule has 2 rings (SSSR count). The minimum Gasteiger partial charge on any atom is -0.480 e. The molecule has 1 amide bonds. The number of rotatable bonds is 6. The molecule has 0 aliphatic carbocycles. The van der Waals surface area contributed by atoms with Crippen molar-refractivity contribution in [2.75, 3.05) is 0 Å². The summed E-state index contributed by atoms with van der Waals surface area (Å²) in [4.78, 5) is 39.6. The normalized spacial score (nSPS) is 12.3. The lowest BCUT2D eigenvalue weighted by atomic mass is 10.0. The Kier molecular flexibility index (Phi) is 5.10. The lowest BCUT2D eigenvalue weighted by Crippen LogP contribution is -2.44. The van der Waals surface area contributed by atoms with Crippen LogP contribution in [-0.4, -0.2) is 32.6 Å². The minimum absolute atomic E-state index is 0.126. The van der Waals surface area contributed by atoms with Crippen LogP contribution < -0.4 is 10.9 Å². The van der Waals surface area contributed by atoms with E-state index < -0.39 is 17.9 Å². The van der Waals surface area contributed by atoms with Crippen molar-refractivity contribution in [1.82, 2.24) is 14.9 Å². The third kappa shape index (κ3) is 4.15. The van der Waals surface area contributed by atoms with E-state index in [9.17, 15) is 14.4 Å². The van der Waals surface area contributed by atoms with E-state index in [-0.39, 0.29) is 18.0 Å². The van der Waals surface area contributed by atoms with Gasteiger partial charge in [-0.3, -0.25) is 14.2 Å². The van der Waals surface area contributed by atoms with Gasteiger partial charge in [0.15, 0.2) is 0 Å². The van der Waals surface area contributed by atoms with Crippen molar-refractivity contribution < 1.29 is 14.7 Å². The highest BCUT2D eigenvalue weighted by atomic mass is 16.4. The maximum Gasteiger partial charge on any atom is 0.326 e. The van der Waals surface area contributed by atoms with Crippen molar-refractivity contribution in [2.24, 2.45) is 5.92 Å². The van der Waals surface area contributed by atoms with Crippen molar-refractivity contribution in [3.8, 4) is 0 Å². The van der Waals surface area contributed by atoms with E-state index in [1.165, 1.54) is 10.9 Å². The molecule has 0 unspecified atom stereocenters. The van der Waals surface area contributed by atoms with Crippen LogP contribution in [0, 0.1) is 5.92 Å². The third-order valence-electron chi connectivity index (χ3n) is 3.39. The Hall–Kier alpha value is -2.70. The average Bonchev–Trinajstić information content (AvgIpc) is 2.49. The highest BCUT2D eigenvalue weighted by Gasteiger charge is 2.21. The second kappa shape index (κ2) is 7.04. The van der Waals surface area contributed by atoms with Crippen LogP contribution in [0.3, 0.4) is 0 Å². The summed E-state index contributed by atoms with van der Waals surface area (Å²) in [6, 6.07) is 5.88. The van der Waals surface area contributed by atoms with Crippen molar-refractivity contribution >= 4 is 22.8 Å². The topological polar surface area (TPSA) is 101 Å². The smallest absolute Gasteiger partial charge is 0.326 e. The van der Waals surface area contributed by atoms with Crippen molar-refractivity contribution in [1.29, 1.82) is 0 Å². The molecule has 1 aromatic carbocycles. The Balaban J connectivity index is 2.15. The van der Waals surface area contributed by atoms with E-state index >= 15 is 0 Å². The molecule has 7 heteroatoms. The van der Waals surface area contributed by atoms with Crippen LogP contribution in [0.25, 0.3) is 10.9 Å². The van der Waals surface area contributed by atoms with Gasteiger partial charge in [-0.2, -0.15) is 0 Å². The molecule has 122 valence electrons. The number of aromatic nitrogens is 2. The first-order chi connectivity index (χ1) is 10.9. The summed E-state index contributed by atoms with van der Waals surface area (Å²) in [7, 11) is 0. The highest BCUT2D eigenvalue weighted by molar-refractivity contribution is 5.83. The van der Waals surface area contributed by atoms with Crippen molar-refractivity contribution in [3.63, 3.8) is 0 Å². The number of carboxylic acid groups (broad SMARTS) is 1. The Morgan fingerprint density at radius 1 is 1.30 bits per heavy atom. The number of carboxylic acids is 1. The van der Waals surface area contributed by atoms with Gasteiger partial charge in [0.1, 0.15) is 12.6 Å². The average molecular weight is 317 g/mol. The molecule has 0 aliphatic heterocycles. The number of hydrogen-bond acceptors (Lipinski definition) is 4. The largest absolute Gasteiger partial charge is 0.480 e. The molecule has 1 aromatic heterocycles. The number of hydrogen-bond donors (Lipinski definition) is 2. The van der Waals surface area contributed by atoms with Gasteiger partial charge in [0.2, 0.25) is 5.91 Å². The SMILES string of the molecule is CC(C)C[C@H](NC(=O)Cn1cnc2ccccc2c1=O)C(=O)O. The molecule has 2 N–H and O–H groups in total. The standard InChI is InChI=1S/C16H19N3O4/c1-10(2)7-13(16(22)23)18-14(20)8-19-9-17-12-6-4-3-5-11(12)15(19)21/h3-6,9-10,13H,7-8H2,1-2H3,(H,18,20)(H,22,23)/t13-/m0/s1. The molecule has 1 heterocycles. The summed E-state index contributed by atoms with van der Waals surface area (Å²) < 4.78 is 1.17.